The average Bonchev–Trinajstić information content (AvgIpc) is 2.83. The van der Waals surface area contributed by atoms with Crippen LogP contribution in [0.15, 0.2) is 18.3 Å². The van der Waals surface area contributed by atoms with Gasteiger partial charge in [-0.1, -0.05) is 0 Å². The number of nitrogens with zero attached hydrogens (tertiary/aromatic N) is 4. The number of aliphatic hydroxyl groups excluding tert-OH is 1. The van der Waals surface area contributed by atoms with Crippen molar-refractivity contribution in [3.05, 3.63) is 29.7 Å². The highest BCUT2D eigenvalue weighted by molar-refractivity contribution is 5.33. The summed E-state index contributed by atoms with van der Waals surface area (Å²) in [5, 5.41) is 20.5. The largest absolute Gasteiger partial charge is 0.394 e. The van der Waals surface area contributed by atoms with Crippen molar-refractivity contribution >= 4 is 5.82 Å². The van der Waals surface area contributed by atoms with E-state index in [9.17, 15) is 0 Å². The normalized spacial score (nSPS) is 10.8. The predicted molar refractivity (Wildman–Crippen MR) is 64.6 cm³/mol. The van der Waals surface area contributed by atoms with Crippen LogP contribution in [0, 0.1) is 6.92 Å². The molecule has 2 aromatic rings. The summed E-state index contributed by atoms with van der Waals surface area (Å²) in [6.07, 6.45) is 1.84. The zero-order valence-corrected chi connectivity index (χ0v) is 10.1. The van der Waals surface area contributed by atoms with Crippen LogP contribution < -0.4 is 5.32 Å². The van der Waals surface area contributed by atoms with Gasteiger partial charge in [-0.15, -0.1) is 0 Å². The van der Waals surface area contributed by atoms with Crippen LogP contribution in [0.3, 0.4) is 0 Å². The Morgan fingerprint density at radius 3 is 2.88 bits per heavy atom. The van der Waals surface area contributed by atoms with Crippen LogP contribution in [0.5, 0.6) is 0 Å². The van der Waals surface area contributed by atoms with Gasteiger partial charge in [0, 0.05) is 19.3 Å². The molecule has 2 N–H and O–H groups in total. The van der Waals surface area contributed by atoms with Crippen molar-refractivity contribution in [2.75, 3.05) is 11.9 Å². The number of aromatic nitrogens is 4. The Kier molecular flexibility index (Phi) is 3.43. The molecule has 0 aliphatic heterocycles. The van der Waals surface area contributed by atoms with E-state index in [1.54, 1.807) is 4.68 Å². The molecule has 0 radical (unpaired) electrons. The minimum atomic E-state index is 0.0993. The lowest BCUT2D eigenvalue weighted by atomic mass is 10.3. The van der Waals surface area contributed by atoms with Crippen LogP contribution in [0.1, 0.15) is 11.4 Å². The van der Waals surface area contributed by atoms with Crippen molar-refractivity contribution in [3.8, 4) is 0 Å². The molecule has 2 aromatic heterocycles. The van der Waals surface area contributed by atoms with Gasteiger partial charge in [-0.2, -0.15) is 10.2 Å². The molecule has 0 saturated carbocycles. The van der Waals surface area contributed by atoms with Crippen molar-refractivity contribution in [1.29, 1.82) is 0 Å². The minimum absolute atomic E-state index is 0.0993. The van der Waals surface area contributed by atoms with E-state index in [1.165, 1.54) is 0 Å². The SMILES string of the molecule is Cc1cc(CNc2ccn(CCO)n2)n(C)n1. The molecule has 6 nitrogen and oxygen atoms in total. The van der Waals surface area contributed by atoms with E-state index in [4.69, 9.17) is 5.11 Å². The Bertz CT molecular complexity index is 488. The second-order valence-electron chi connectivity index (χ2n) is 3.94. The first-order valence-electron chi connectivity index (χ1n) is 5.57. The summed E-state index contributed by atoms with van der Waals surface area (Å²) in [7, 11) is 1.92. The summed E-state index contributed by atoms with van der Waals surface area (Å²) in [6.45, 7) is 3.28. The van der Waals surface area contributed by atoms with E-state index in [1.807, 2.05) is 37.0 Å². The first-order chi connectivity index (χ1) is 8.19. The minimum Gasteiger partial charge on any atom is -0.394 e. The van der Waals surface area contributed by atoms with Crippen LogP contribution in [0.2, 0.25) is 0 Å². The van der Waals surface area contributed by atoms with E-state index < -0.39 is 0 Å². The van der Waals surface area contributed by atoms with E-state index in [0.717, 1.165) is 17.2 Å². The molecular formula is C11H17N5O. The lowest BCUT2D eigenvalue weighted by Crippen LogP contribution is -2.07. The molecule has 0 aromatic carbocycles. The lowest BCUT2D eigenvalue weighted by molar-refractivity contribution is 0.269. The first-order valence-corrected chi connectivity index (χ1v) is 5.57. The van der Waals surface area contributed by atoms with Gasteiger partial charge in [0.15, 0.2) is 0 Å². The highest BCUT2D eigenvalue weighted by atomic mass is 16.3. The van der Waals surface area contributed by atoms with Gasteiger partial charge in [0.2, 0.25) is 0 Å². The third-order valence-electron chi connectivity index (χ3n) is 2.52. The van der Waals surface area contributed by atoms with Gasteiger partial charge < -0.3 is 10.4 Å². The molecular weight excluding hydrogens is 218 g/mol. The smallest absolute Gasteiger partial charge is 0.148 e. The molecule has 0 aliphatic carbocycles. The van der Waals surface area contributed by atoms with Crippen molar-refractivity contribution < 1.29 is 5.11 Å². The Balaban J connectivity index is 1.95. The zero-order chi connectivity index (χ0) is 12.3. The standard InChI is InChI=1S/C11H17N5O/c1-9-7-10(15(2)13-9)8-12-11-3-4-16(14-11)5-6-17/h3-4,7,17H,5-6,8H2,1-2H3,(H,12,14). The topological polar surface area (TPSA) is 67.9 Å². The molecule has 0 bridgehead atoms. The molecule has 0 spiro atoms. The Hall–Kier alpha value is -1.82. The summed E-state index contributed by atoms with van der Waals surface area (Å²) in [5.41, 5.74) is 2.12. The second-order valence-corrected chi connectivity index (χ2v) is 3.94. The van der Waals surface area contributed by atoms with Crippen LogP contribution in [0.4, 0.5) is 5.82 Å². The average molecular weight is 235 g/mol. The number of aliphatic hydroxyl groups is 1. The van der Waals surface area contributed by atoms with Gasteiger partial charge in [-0.05, 0) is 13.0 Å². The fraction of sp³-hybridized carbons (Fsp3) is 0.455. The molecule has 6 heteroatoms. The van der Waals surface area contributed by atoms with Crippen LogP contribution in [-0.4, -0.2) is 31.3 Å². The van der Waals surface area contributed by atoms with E-state index >= 15 is 0 Å². The molecule has 2 heterocycles. The predicted octanol–water partition coefficient (Wildman–Crippen LogP) is 0.529. The van der Waals surface area contributed by atoms with Crippen LogP contribution >= 0.6 is 0 Å². The van der Waals surface area contributed by atoms with Crippen LogP contribution in [-0.2, 0) is 20.1 Å². The van der Waals surface area contributed by atoms with Gasteiger partial charge in [0.1, 0.15) is 5.82 Å². The quantitative estimate of drug-likeness (QED) is 0.793. The van der Waals surface area contributed by atoms with Gasteiger partial charge in [0.05, 0.1) is 31.1 Å². The Morgan fingerprint density at radius 1 is 1.41 bits per heavy atom. The highest BCUT2D eigenvalue weighted by Crippen LogP contribution is 2.07. The van der Waals surface area contributed by atoms with E-state index in [2.05, 4.69) is 15.5 Å². The molecule has 0 saturated heterocycles. The highest BCUT2D eigenvalue weighted by Gasteiger charge is 2.03. The maximum atomic E-state index is 8.78. The molecule has 92 valence electrons. The van der Waals surface area contributed by atoms with Crippen molar-refractivity contribution in [3.63, 3.8) is 0 Å². The number of rotatable bonds is 5. The number of hydrogen-bond donors (Lipinski definition) is 2. The van der Waals surface area contributed by atoms with E-state index in [0.29, 0.717) is 13.1 Å². The molecule has 17 heavy (non-hydrogen) atoms. The summed E-state index contributed by atoms with van der Waals surface area (Å²) < 4.78 is 3.56. The van der Waals surface area contributed by atoms with Crippen LogP contribution in [0.25, 0.3) is 0 Å². The maximum Gasteiger partial charge on any atom is 0.148 e. The van der Waals surface area contributed by atoms with Gasteiger partial charge in [-0.25, -0.2) is 0 Å². The summed E-state index contributed by atoms with van der Waals surface area (Å²) in [5.74, 6) is 0.803. The lowest BCUT2D eigenvalue weighted by Gasteiger charge is -2.03. The number of hydrogen-bond acceptors (Lipinski definition) is 4. The molecule has 2 rings (SSSR count). The number of nitrogens with one attached hydrogen (secondary N) is 1. The first kappa shape index (κ1) is 11.7. The van der Waals surface area contributed by atoms with E-state index in [-0.39, 0.29) is 6.61 Å². The van der Waals surface area contributed by atoms with Crippen molar-refractivity contribution in [2.24, 2.45) is 7.05 Å². The molecule has 0 aliphatic rings. The summed E-state index contributed by atoms with van der Waals surface area (Å²) >= 11 is 0. The Morgan fingerprint density at radius 2 is 2.24 bits per heavy atom. The fourth-order valence-electron chi connectivity index (χ4n) is 1.69. The zero-order valence-electron chi connectivity index (χ0n) is 10.1. The molecule has 0 unspecified atom stereocenters. The second kappa shape index (κ2) is 5.01. The molecule has 0 atom stereocenters. The fourth-order valence-corrected chi connectivity index (χ4v) is 1.69. The van der Waals surface area contributed by atoms with Crippen molar-refractivity contribution in [1.82, 2.24) is 19.6 Å². The summed E-state index contributed by atoms with van der Waals surface area (Å²) in [4.78, 5) is 0. The van der Waals surface area contributed by atoms with Gasteiger partial charge >= 0.3 is 0 Å². The van der Waals surface area contributed by atoms with Crippen molar-refractivity contribution in [2.45, 2.75) is 20.0 Å². The third kappa shape index (κ3) is 2.85. The number of aryl methyl sites for hydroxylation is 2. The number of anilines is 1. The Labute approximate surface area is 99.9 Å². The van der Waals surface area contributed by atoms with Gasteiger partial charge in [0.25, 0.3) is 0 Å². The molecule has 0 amide bonds. The molecule has 0 fully saturated rings. The summed E-state index contributed by atoms with van der Waals surface area (Å²) in [6, 6.07) is 3.93. The third-order valence-corrected chi connectivity index (χ3v) is 2.52. The maximum absolute atomic E-state index is 8.78. The van der Waals surface area contributed by atoms with Gasteiger partial charge in [-0.3, -0.25) is 9.36 Å². The monoisotopic (exact) mass is 235 g/mol.